The summed E-state index contributed by atoms with van der Waals surface area (Å²) < 4.78 is 13.2. The average molecular weight is 454 g/mol. The van der Waals surface area contributed by atoms with Crippen LogP contribution >= 0.6 is 0 Å². The molecule has 1 aliphatic carbocycles. The number of rotatable bonds is 7. The first-order valence-electron chi connectivity index (χ1n) is 11.9. The third-order valence-electron chi connectivity index (χ3n) is 6.60. The van der Waals surface area contributed by atoms with Gasteiger partial charge in [-0.25, -0.2) is 4.39 Å². The van der Waals surface area contributed by atoms with Gasteiger partial charge in [-0.05, 0) is 69.0 Å². The number of nitrogens with zero attached hydrogens (tertiary/aromatic N) is 5. The van der Waals surface area contributed by atoms with E-state index in [0.717, 1.165) is 43.6 Å². The Morgan fingerprint density at radius 2 is 1.82 bits per heavy atom. The number of carbonyl (C=O) groups is 2. The molecule has 8 heteroatoms. The molecule has 33 heavy (non-hydrogen) atoms. The molecule has 1 atom stereocenters. The number of amides is 2. The van der Waals surface area contributed by atoms with Crippen LogP contribution in [0.25, 0.3) is 11.3 Å². The normalized spacial score (nSPS) is 17.4. The van der Waals surface area contributed by atoms with E-state index < -0.39 is 0 Å². The largest absolute Gasteiger partial charge is 0.353 e. The second-order valence-corrected chi connectivity index (χ2v) is 9.00. The third kappa shape index (κ3) is 5.67. The molecule has 7 nitrogen and oxygen atoms in total. The van der Waals surface area contributed by atoms with E-state index in [4.69, 9.17) is 0 Å². The van der Waals surface area contributed by atoms with E-state index in [0.29, 0.717) is 25.3 Å². The average Bonchev–Trinajstić information content (AvgIpc) is 3.69. The highest BCUT2D eigenvalue weighted by Crippen LogP contribution is 2.32. The Kier molecular flexibility index (Phi) is 7.20. The van der Waals surface area contributed by atoms with Gasteiger partial charge in [-0.15, -0.1) is 10.2 Å². The van der Waals surface area contributed by atoms with Crippen LogP contribution in [0.1, 0.15) is 39.5 Å². The summed E-state index contributed by atoms with van der Waals surface area (Å²) in [6.07, 6.45) is 3.55. The van der Waals surface area contributed by atoms with Crippen LogP contribution in [0, 0.1) is 11.7 Å². The van der Waals surface area contributed by atoms with Gasteiger partial charge < -0.3 is 14.7 Å². The van der Waals surface area contributed by atoms with Crippen molar-refractivity contribution in [3.8, 4) is 11.3 Å². The fourth-order valence-electron chi connectivity index (χ4n) is 4.15. The minimum atomic E-state index is -0.281. The molecule has 2 heterocycles. The summed E-state index contributed by atoms with van der Waals surface area (Å²) in [7, 11) is 0. The van der Waals surface area contributed by atoms with Crippen molar-refractivity contribution in [1.29, 1.82) is 0 Å². The first-order chi connectivity index (χ1) is 16.0. The number of anilines is 1. The van der Waals surface area contributed by atoms with Crippen molar-refractivity contribution >= 4 is 17.6 Å². The molecule has 2 aromatic rings. The van der Waals surface area contributed by atoms with Gasteiger partial charge in [-0.2, -0.15) is 0 Å². The molecule has 1 saturated heterocycles. The molecular weight excluding hydrogens is 421 g/mol. The second kappa shape index (κ2) is 10.3. The highest BCUT2D eigenvalue weighted by atomic mass is 19.1. The van der Waals surface area contributed by atoms with E-state index >= 15 is 0 Å². The van der Waals surface area contributed by atoms with E-state index in [1.807, 2.05) is 24.0 Å². The Hall–Kier alpha value is -3.03. The SMILES string of the molecule is CC[C@H](C)N(CC(=O)N1CCCN(c2ccc(-c3ccc(F)cc3)nn2)CC1)C(=O)C1CC1. The lowest BCUT2D eigenvalue weighted by Gasteiger charge is -2.31. The second-order valence-electron chi connectivity index (χ2n) is 9.00. The Morgan fingerprint density at radius 3 is 2.45 bits per heavy atom. The van der Waals surface area contributed by atoms with E-state index in [1.165, 1.54) is 12.1 Å². The highest BCUT2D eigenvalue weighted by Gasteiger charge is 2.36. The lowest BCUT2D eigenvalue weighted by atomic mass is 10.1. The van der Waals surface area contributed by atoms with Crippen molar-refractivity contribution in [2.24, 2.45) is 5.92 Å². The predicted molar refractivity (Wildman–Crippen MR) is 125 cm³/mol. The van der Waals surface area contributed by atoms with Gasteiger partial charge in [0.1, 0.15) is 5.82 Å². The van der Waals surface area contributed by atoms with E-state index in [-0.39, 0.29) is 36.1 Å². The first-order valence-corrected chi connectivity index (χ1v) is 11.9. The van der Waals surface area contributed by atoms with Crippen LogP contribution in [0.2, 0.25) is 0 Å². The molecule has 0 bridgehead atoms. The molecule has 2 amide bonds. The summed E-state index contributed by atoms with van der Waals surface area (Å²) in [5.74, 6) is 0.744. The molecule has 1 saturated carbocycles. The topological polar surface area (TPSA) is 69.6 Å². The van der Waals surface area contributed by atoms with Crippen LogP contribution in [0.5, 0.6) is 0 Å². The molecule has 0 unspecified atom stereocenters. The van der Waals surface area contributed by atoms with E-state index in [1.54, 1.807) is 17.0 Å². The van der Waals surface area contributed by atoms with Gasteiger partial charge in [0.05, 0.1) is 12.2 Å². The molecule has 2 aliphatic rings. The summed E-state index contributed by atoms with van der Waals surface area (Å²) in [6, 6.07) is 10.1. The van der Waals surface area contributed by atoms with Gasteiger partial charge >= 0.3 is 0 Å². The highest BCUT2D eigenvalue weighted by molar-refractivity contribution is 5.87. The van der Waals surface area contributed by atoms with Crippen LogP contribution in [-0.2, 0) is 9.59 Å². The fraction of sp³-hybridized carbons (Fsp3) is 0.520. The van der Waals surface area contributed by atoms with Crippen LogP contribution in [0.4, 0.5) is 10.2 Å². The molecule has 1 aliphatic heterocycles. The molecule has 2 fully saturated rings. The maximum Gasteiger partial charge on any atom is 0.242 e. The zero-order chi connectivity index (χ0) is 23.4. The summed E-state index contributed by atoms with van der Waals surface area (Å²) in [6.45, 7) is 6.94. The number of aromatic nitrogens is 2. The van der Waals surface area contributed by atoms with E-state index in [9.17, 15) is 14.0 Å². The number of benzene rings is 1. The number of hydrogen-bond donors (Lipinski definition) is 0. The number of carbonyl (C=O) groups excluding carboxylic acids is 2. The minimum Gasteiger partial charge on any atom is -0.353 e. The predicted octanol–water partition coefficient (Wildman–Crippen LogP) is 3.36. The van der Waals surface area contributed by atoms with Crippen molar-refractivity contribution in [2.75, 3.05) is 37.6 Å². The maximum absolute atomic E-state index is 13.2. The van der Waals surface area contributed by atoms with Crippen LogP contribution < -0.4 is 4.90 Å². The zero-order valence-electron chi connectivity index (χ0n) is 19.4. The van der Waals surface area contributed by atoms with Crippen molar-refractivity contribution < 1.29 is 14.0 Å². The third-order valence-corrected chi connectivity index (χ3v) is 6.60. The smallest absolute Gasteiger partial charge is 0.242 e. The molecule has 4 rings (SSSR count). The Morgan fingerprint density at radius 1 is 1.06 bits per heavy atom. The lowest BCUT2D eigenvalue weighted by molar-refractivity contribution is -0.143. The molecular formula is C25H32FN5O2. The Balaban J connectivity index is 1.36. The van der Waals surface area contributed by atoms with Gasteiger partial charge in [0.15, 0.2) is 5.82 Å². The fourth-order valence-corrected chi connectivity index (χ4v) is 4.15. The first kappa shape index (κ1) is 23.1. The van der Waals surface area contributed by atoms with Gasteiger partial charge in [-0.1, -0.05) is 6.92 Å². The molecule has 0 radical (unpaired) electrons. The summed E-state index contributed by atoms with van der Waals surface area (Å²) >= 11 is 0. The molecule has 1 aromatic carbocycles. The lowest BCUT2D eigenvalue weighted by Crippen LogP contribution is -2.47. The van der Waals surface area contributed by atoms with Crippen molar-refractivity contribution in [2.45, 2.75) is 45.6 Å². The maximum atomic E-state index is 13.2. The van der Waals surface area contributed by atoms with Crippen LogP contribution in [-0.4, -0.2) is 70.6 Å². The Bertz CT molecular complexity index is 962. The van der Waals surface area contributed by atoms with Crippen LogP contribution in [0.3, 0.4) is 0 Å². The summed E-state index contributed by atoms with van der Waals surface area (Å²) in [4.78, 5) is 31.5. The number of halogens is 1. The van der Waals surface area contributed by atoms with Crippen LogP contribution in [0.15, 0.2) is 36.4 Å². The Labute approximate surface area is 194 Å². The van der Waals surface area contributed by atoms with Gasteiger partial charge in [0.25, 0.3) is 0 Å². The number of hydrogen-bond acceptors (Lipinski definition) is 5. The van der Waals surface area contributed by atoms with E-state index in [2.05, 4.69) is 22.0 Å². The summed E-state index contributed by atoms with van der Waals surface area (Å²) in [5.41, 5.74) is 1.51. The standard InChI is InChI=1S/C25H32FN5O2/c1-3-18(2)31(25(33)20-5-6-20)17-24(32)30-14-4-13-29(15-16-30)23-12-11-22(27-28-23)19-7-9-21(26)10-8-19/h7-12,18,20H,3-6,13-17H2,1-2H3/t18-/m0/s1. The minimum absolute atomic E-state index is 0.0175. The van der Waals surface area contributed by atoms with Gasteiger partial charge in [0.2, 0.25) is 11.8 Å². The molecule has 0 spiro atoms. The quantitative estimate of drug-likeness (QED) is 0.643. The van der Waals surface area contributed by atoms with Gasteiger partial charge in [0, 0.05) is 43.7 Å². The molecule has 176 valence electrons. The van der Waals surface area contributed by atoms with Crippen molar-refractivity contribution in [1.82, 2.24) is 20.0 Å². The van der Waals surface area contributed by atoms with Crippen molar-refractivity contribution in [3.05, 3.63) is 42.2 Å². The monoisotopic (exact) mass is 453 g/mol. The zero-order valence-corrected chi connectivity index (χ0v) is 19.4. The summed E-state index contributed by atoms with van der Waals surface area (Å²) in [5, 5.41) is 8.68. The molecule has 1 aromatic heterocycles. The van der Waals surface area contributed by atoms with Crippen molar-refractivity contribution in [3.63, 3.8) is 0 Å². The molecule has 0 N–H and O–H groups in total. The van der Waals surface area contributed by atoms with Gasteiger partial charge in [-0.3, -0.25) is 9.59 Å².